The maximum absolute atomic E-state index is 10.2. The van der Waals surface area contributed by atoms with Crippen LogP contribution in [0, 0.1) is 0 Å². The van der Waals surface area contributed by atoms with Gasteiger partial charge in [-0.3, -0.25) is 0 Å². The van der Waals surface area contributed by atoms with E-state index in [0.717, 1.165) is 12.1 Å². The van der Waals surface area contributed by atoms with Gasteiger partial charge < -0.3 is 30.8 Å². The molecule has 0 bridgehead atoms. The van der Waals surface area contributed by atoms with E-state index in [1.54, 1.807) is 0 Å². The summed E-state index contributed by atoms with van der Waals surface area (Å²) in [6, 6.07) is 3.53. The third-order valence-corrected chi connectivity index (χ3v) is 1.17. The number of hydrogen-bond donors (Lipinski definition) is 0. The van der Waals surface area contributed by atoms with Crippen LogP contribution in [0.5, 0.6) is 0 Å². The van der Waals surface area contributed by atoms with E-state index < -0.39 is 23.3 Å². The fraction of sp³-hybridized carbons (Fsp3) is 0. The summed E-state index contributed by atoms with van der Waals surface area (Å²) in [4.78, 5) is 23.6. The van der Waals surface area contributed by atoms with Crippen molar-refractivity contribution in [1.29, 1.82) is 0 Å². The summed E-state index contributed by atoms with van der Waals surface area (Å²) >= 11 is 0. The maximum atomic E-state index is 10.2. The topological polar surface area (TPSA) is 159 Å². The number of carbonyl (C=O) groups excluding carboxylic acids is 2. The van der Waals surface area contributed by atoms with Gasteiger partial charge in [-0.2, -0.15) is 0 Å². The predicted octanol–water partition coefficient (Wildman–Crippen LogP) is -4.04. The SMILES string of the molecule is O=C([O-])c1cccc(C(=O)[O-])n1.[Ni+2].[OH3+].[OH3+]. The minimum absolute atomic E-state index is 0. The molecule has 6 N–H and O–H groups in total. The van der Waals surface area contributed by atoms with Gasteiger partial charge in [0, 0.05) is 0 Å². The van der Waals surface area contributed by atoms with Gasteiger partial charge in [-0.15, -0.1) is 0 Å². The fourth-order valence-electron chi connectivity index (χ4n) is 0.662. The van der Waals surface area contributed by atoms with Crippen molar-refractivity contribution in [2.45, 2.75) is 0 Å². The van der Waals surface area contributed by atoms with Crippen LogP contribution in [0.4, 0.5) is 0 Å². The van der Waals surface area contributed by atoms with Gasteiger partial charge in [0.2, 0.25) is 0 Å². The first kappa shape index (κ1) is 19.1. The van der Waals surface area contributed by atoms with Crippen molar-refractivity contribution in [2.75, 3.05) is 0 Å². The molecule has 7 nitrogen and oxygen atoms in total. The number of rotatable bonds is 2. The first-order chi connectivity index (χ1) is 5.61. The number of carbonyl (C=O) groups is 2. The number of nitrogens with zero attached hydrogens (tertiary/aromatic N) is 1. The smallest absolute Gasteiger partial charge is 0.543 e. The van der Waals surface area contributed by atoms with E-state index in [0.29, 0.717) is 0 Å². The molecule has 0 unspecified atom stereocenters. The molecule has 0 fully saturated rings. The normalized spacial score (nSPS) is 7.47. The molecule has 0 saturated carbocycles. The summed E-state index contributed by atoms with van der Waals surface area (Å²) in [6.45, 7) is 0. The van der Waals surface area contributed by atoms with E-state index in [4.69, 9.17) is 0 Å². The van der Waals surface area contributed by atoms with Gasteiger partial charge in [0.05, 0.1) is 23.3 Å². The van der Waals surface area contributed by atoms with Crippen molar-refractivity contribution in [1.82, 2.24) is 4.98 Å². The molecule has 0 saturated heterocycles. The van der Waals surface area contributed by atoms with Crippen molar-refractivity contribution < 1.29 is 47.2 Å². The predicted molar refractivity (Wildman–Crippen MR) is 42.6 cm³/mol. The van der Waals surface area contributed by atoms with Crippen molar-refractivity contribution in [3.8, 4) is 0 Å². The quantitative estimate of drug-likeness (QED) is 0.391. The summed E-state index contributed by atoms with van der Waals surface area (Å²) in [5.41, 5.74) is -0.839. The molecule has 0 radical (unpaired) electrons. The van der Waals surface area contributed by atoms with Crippen LogP contribution in [0.15, 0.2) is 18.2 Å². The Morgan fingerprint density at radius 2 is 1.33 bits per heavy atom. The van der Waals surface area contributed by atoms with Gasteiger partial charge >= 0.3 is 16.5 Å². The van der Waals surface area contributed by atoms with Crippen LogP contribution in [0.25, 0.3) is 0 Å². The molecule has 0 aromatic carbocycles. The minimum Gasteiger partial charge on any atom is -0.543 e. The zero-order chi connectivity index (χ0) is 9.14. The Morgan fingerprint density at radius 1 is 1.00 bits per heavy atom. The summed E-state index contributed by atoms with van der Waals surface area (Å²) in [5, 5.41) is 20.4. The molecule has 0 aliphatic heterocycles. The molecule has 0 aliphatic rings. The van der Waals surface area contributed by atoms with E-state index in [1.807, 2.05) is 0 Å². The van der Waals surface area contributed by atoms with Crippen LogP contribution in [0.2, 0.25) is 0 Å². The minimum atomic E-state index is -1.52. The van der Waals surface area contributed by atoms with E-state index >= 15 is 0 Å². The average Bonchev–Trinajstić information content (AvgIpc) is 2.04. The summed E-state index contributed by atoms with van der Waals surface area (Å²) in [5.74, 6) is -3.03. The Bertz CT molecular complexity index is 313. The number of hydrogen-bond acceptors (Lipinski definition) is 5. The number of carboxylic acid groups (broad SMARTS) is 2. The van der Waals surface area contributed by atoms with Gasteiger partial charge in [-0.1, -0.05) is 6.07 Å². The fourth-order valence-corrected chi connectivity index (χ4v) is 0.662. The van der Waals surface area contributed by atoms with Crippen LogP contribution >= 0.6 is 0 Å². The third-order valence-electron chi connectivity index (χ3n) is 1.17. The van der Waals surface area contributed by atoms with Crippen LogP contribution < -0.4 is 10.2 Å². The van der Waals surface area contributed by atoms with E-state index in [2.05, 4.69) is 4.98 Å². The summed E-state index contributed by atoms with van der Waals surface area (Å²) in [6.07, 6.45) is 0. The molecule has 86 valence electrons. The average molecular weight is 262 g/mol. The monoisotopic (exact) mass is 261 g/mol. The zero-order valence-corrected chi connectivity index (χ0v) is 8.27. The Morgan fingerprint density at radius 3 is 1.60 bits per heavy atom. The van der Waals surface area contributed by atoms with Gasteiger partial charge in [-0.05, 0) is 12.1 Å². The van der Waals surface area contributed by atoms with Gasteiger partial charge in [0.25, 0.3) is 0 Å². The van der Waals surface area contributed by atoms with Crippen LogP contribution in [-0.2, 0) is 27.4 Å². The Kier molecular flexibility index (Phi) is 10.0. The second kappa shape index (κ2) is 7.87. The van der Waals surface area contributed by atoms with E-state index in [-0.39, 0.29) is 27.4 Å². The van der Waals surface area contributed by atoms with Crippen LogP contribution in [0.1, 0.15) is 21.0 Å². The number of aromatic nitrogens is 1. The second-order valence-electron chi connectivity index (χ2n) is 1.98. The number of pyridine rings is 1. The molecule has 0 spiro atoms. The van der Waals surface area contributed by atoms with Crippen molar-refractivity contribution in [2.24, 2.45) is 0 Å². The number of carboxylic acids is 2. The molecule has 1 heterocycles. The molecule has 15 heavy (non-hydrogen) atoms. The molecule has 0 aliphatic carbocycles. The van der Waals surface area contributed by atoms with E-state index in [1.165, 1.54) is 6.07 Å². The zero-order valence-electron chi connectivity index (χ0n) is 7.28. The Labute approximate surface area is 94.3 Å². The molecule has 1 rings (SSSR count). The van der Waals surface area contributed by atoms with Crippen LogP contribution in [-0.4, -0.2) is 16.9 Å². The first-order valence-electron chi connectivity index (χ1n) is 3.01. The third kappa shape index (κ3) is 5.06. The van der Waals surface area contributed by atoms with E-state index in [9.17, 15) is 19.8 Å². The summed E-state index contributed by atoms with van der Waals surface area (Å²) in [7, 11) is 0. The molecule has 0 amide bonds. The Hall–Kier alpha value is -1.50. The molecule has 1 aromatic rings. The first-order valence-corrected chi connectivity index (χ1v) is 3.01. The summed E-state index contributed by atoms with van der Waals surface area (Å²) < 4.78 is 0. The van der Waals surface area contributed by atoms with Gasteiger partial charge in [0.15, 0.2) is 0 Å². The van der Waals surface area contributed by atoms with Crippen molar-refractivity contribution in [3.05, 3.63) is 29.6 Å². The van der Waals surface area contributed by atoms with Crippen LogP contribution in [0.3, 0.4) is 0 Å². The molecular formula is C7H9NNiO6+2. The molecule has 1 aromatic heterocycles. The molecular weight excluding hydrogens is 253 g/mol. The molecule has 8 heteroatoms. The van der Waals surface area contributed by atoms with Gasteiger partial charge in [-0.25, -0.2) is 4.98 Å². The Balaban J connectivity index is -0.000000480. The maximum Gasteiger partial charge on any atom is 2.00 e. The largest absolute Gasteiger partial charge is 2.00 e. The van der Waals surface area contributed by atoms with Gasteiger partial charge in [0.1, 0.15) is 0 Å². The molecule has 0 atom stereocenters. The number of aromatic carboxylic acids is 2. The van der Waals surface area contributed by atoms with Crippen molar-refractivity contribution in [3.63, 3.8) is 0 Å². The second-order valence-corrected chi connectivity index (χ2v) is 1.98. The standard InChI is InChI=1S/C7H5NO4.Ni.2H2O/c9-6(10)4-2-1-3-5(8-4)7(11)12;;;/h1-3H,(H,9,10)(H,11,12);;2*1H2/q;+2;;. The van der Waals surface area contributed by atoms with Crippen molar-refractivity contribution >= 4 is 11.9 Å².